The average Bonchev–Trinajstić information content (AvgIpc) is 2.15. The van der Waals surface area contributed by atoms with Crippen LogP contribution < -0.4 is 4.74 Å². The summed E-state index contributed by atoms with van der Waals surface area (Å²) >= 11 is 0. The number of hydrogen-bond acceptors (Lipinski definition) is 3. The predicted octanol–water partition coefficient (Wildman–Crippen LogP) is 1.78. The lowest BCUT2D eigenvalue weighted by molar-refractivity contribution is -0.274. The van der Waals surface area contributed by atoms with Crippen molar-refractivity contribution in [2.75, 3.05) is 0 Å². The smallest absolute Gasteiger partial charge is 0.478 e. The summed E-state index contributed by atoms with van der Waals surface area (Å²) in [6.07, 6.45) is -4.95. The molecule has 0 atom stereocenters. The van der Waals surface area contributed by atoms with Gasteiger partial charge in [0.1, 0.15) is 11.3 Å². The Kier molecular flexibility index (Phi) is 3.38. The van der Waals surface area contributed by atoms with Crippen LogP contribution in [0.2, 0.25) is 0 Å². The van der Waals surface area contributed by atoms with E-state index in [-0.39, 0.29) is 5.56 Å². The number of hydrogen-bond donors (Lipinski definition) is 2. The standard InChI is InChI=1S/C9H7F3O4/c10-9(11,12)16-7-2-1-5(4-13)3-6(7)8(14)15/h1-3,13H,4H2,(H,14,15). The largest absolute Gasteiger partial charge is 0.573 e. The van der Waals surface area contributed by atoms with E-state index in [1.807, 2.05) is 0 Å². The fourth-order valence-electron chi connectivity index (χ4n) is 1.06. The molecule has 0 spiro atoms. The molecule has 2 N–H and O–H groups in total. The first kappa shape index (κ1) is 12.3. The molecule has 0 fully saturated rings. The number of carbonyl (C=O) groups is 1. The van der Waals surface area contributed by atoms with Crippen molar-refractivity contribution < 1.29 is 32.9 Å². The van der Waals surface area contributed by atoms with Crippen LogP contribution in [0.1, 0.15) is 15.9 Å². The second-order valence-corrected chi connectivity index (χ2v) is 2.84. The summed E-state index contributed by atoms with van der Waals surface area (Å²) in [5.74, 6) is -2.37. The summed E-state index contributed by atoms with van der Waals surface area (Å²) in [6, 6.07) is 2.92. The zero-order valence-electron chi connectivity index (χ0n) is 7.78. The predicted molar refractivity (Wildman–Crippen MR) is 46.0 cm³/mol. The summed E-state index contributed by atoms with van der Waals surface area (Å²) in [7, 11) is 0. The number of aliphatic hydroxyl groups is 1. The van der Waals surface area contributed by atoms with Crippen LogP contribution in [0.3, 0.4) is 0 Å². The van der Waals surface area contributed by atoms with E-state index >= 15 is 0 Å². The normalized spacial score (nSPS) is 11.2. The Morgan fingerprint density at radius 3 is 2.44 bits per heavy atom. The van der Waals surface area contributed by atoms with Gasteiger partial charge in [-0.15, -0.1) is 13.2 Å². The maximum Gasteiger partial charge on any atom is 0.573 e. The topological polar surface area (TPSA) is 66.8 Å². The van der Waals surface area contributed by atoms with E-state index in [0.29, 0.717) is 0 Å². The van der Waals surface area contributed by atoms with Crippen LogP contribution in [-0.2, 0) is 6.61 Å². The minimum absolute atomic E-state index is 0.187. The van der Waals surface area contributed by atoms with Crippen molar-refractivity contribution in [1.29, 1.82) is 0 Å². The molecule has 0 saturated carbocycles. The Morgan fingerprint density at radius 2 is 2.00 bits per heavy atom. The van der Waals surface area contributed by atoms with Crippen molar-refractivity contribution in [3.8, 4) is 5.75 Å². The van der Waals surface area contributed by atoms with Gasteiger partial charge < -0.3 is 14.9 Å². The summed E-state index contributed by atoms with van der Waals surface area (Å²) in [5, 5.41) is 17.4. The molecule has 0 aliphatic carbocycles. The summed E-state index contributed by atoms with van der Waals surface area (Å²) in [5.41, 5.74) is -0.462. The Hall–Kier alpha value is -1.76. The molecule has 1 aromatic rings. The lowest BCUT2D eigenvalue weighted by atomic mass is 10.1. The van der Waals surface area contributed by atoms with Gasteiger partial charge in [0.2, 0.25) is 0 Å². The van der Waals surface area contributed by atoms with Crippen molar-refractivity contribution in [1.82, 2.24) is 0 Å². The van der Waals surface area contributed by atoms with Gasteiger partial charge in [0.15, 0.2) is 0 Å². The van der Waals surface area contributed by atoms with Crippen LogP contribution in [0, 0.1) is 0 Å². The van der Waals surface area contributed by atoms with Crippen LogP contribution in [0.15, 0.2) is 18.2 Å². The van der Waals surface area contributed by atoms with Gasteiger partial charge >= 0.3 is 12.3 Å². The molecule has 0 bridgehead atoms. The molecule has 0 amide bonds. The van der Waals surface area contributed by atoms with Gasteiger partial charge in [-0.05, 0) is 17.7 Å². The minimum Gasteiger partial charge on any atom is -0.478 e. The van der Waals surface area contributed by atoms with Gasteiger partial charge in [0, 0.05) is 0 Å². The maximum atomic E-state index is 11.9. The molecule has 88 valence electrons. The van der Waals surface area contributed by atoms with Crippen LogP contribution in [0.25, 0.3) is 0 Å². The van der Waals surface area contributed by atoms with Gasteiger partial charge in [-0.3, -0.25) is 0 Å². The maximum absolute atomic E-state index is 11.9. The van der Waals surface area contributed by atoms with Gasteiger partial charge in [0.05, 0.1) is 6.61 Å². The Morgan fingerprint density at radius 1 is 1.38 bits per heavy atom. The van der Waals surface area contributed by atoms with Crippen LogP contribution in [0.4, 0.5) is 13.2 Å². The summed E-state index contributed by atoms with van der Waals surface area (Å²) in [6.45, 7) is -0.466. The highest BCUT2D eigenvalue weighted by Crippen LogP contribution is 2.27. The first-order chi connectivity index (χ1) is 7.33. The highest BCUT2D eigenvalue weighted by molar-refractivity contribution is 5.91. The fourth-order valence-corrected chi connectivity index (χ4v) is 1.06. The molecule has 16 heavy (non-hydrogen) atoms. The molecule has 0 heterocycles. The number of carboxylic acid groups (broad SMARTS) is 1. The summed E-state index contributed by atoms with van der Waals surface area (Å²) in [4.78, 5) is 10.6. The molecule has 1 rings (SSSR count). The van der Waals surface area contributed by atoms with E-state index < -0.39 is 30.3 Å². The van der Waals surface area contributed by atoms with Crippen molar-refractivity contribution in [2.24, 2.45) is 0 Å². The zero-order valence-corrected chi connectivity index (χ0v) is 7.78. The van der Waals surface area contributed by atoms with E-state index in [2.05, 4.69) is 4.74 Å². The van der Waals surface area contributed by atoms with Crippen LogP contribution in [-0.4, -0.2) is 22.5 Å². The second-order valence-electron chi connectivity index (χ2n) is 2.84. The molecule has 0 aliphatic rings. The SMILES string of the molecule is O=C(O)c1cc(CO)ccc1OC(F)(F)F. The number of benzene rings is 1. The highest BCUT2D eigenvalue weighted by atomic mass is 19.4. The van der Waals surface area contributed by atoms with Gasteiger partial charge in [-0.2, -0.15) is 0 Å². The molecule has 7 heteroatoms. The molecular weight excluding hydrogens is 229 g/mol. The van der Waals surface area contributed by atoms with Gasteiger partial charge in [-0.25, -0.2) is 4.79 Å². The van der Waals surface area contributed by atoms with Gasteiger partial charge in [-0.1, -0.05) is 6.07 Å². The highest BCUT2D eigenvalue weighted by Gasteiger charge is 2.33. The van der Waals surface area contributed by atoms with E-state index in [1.54, 1.807) is 0 Å². The van der Waals surface area contributed by atoms with Crippen molar-refractivity contribution in [2.45, 2.75) is 13.0 Å². The zero-order chi connectivity index (χ0) is 12.3. The van der Waals surface area contributed by atoms with Crippen LogP contribution in [0.5, 0.6) is 5.75 Å². The molecule has 0 unspecified atom stereocenters. The third-order valence-corrected chi connectivity index (χ3v) is 1.68. The van der Waals surface area contributed by atoms with E-state index in [0.717, 1.165) is 18.2 Å². The third-order valence-electron chi connectivity index (χ3n) is 1.68. The number of carboxylic acids is 1. The van der Waals surface area contributed by atoms with E-state index in [9.17, 15) is 18.0 Å². The minimum atomic E-state index is -4.95. The number of aliphatic hydroxyl groups excluding tert-OH is 1. The first-order valence-electron chi connectivity index (χ1n) is 4.06. The second kappa shape index (κ2) is 4.40. The first-order valence-corrected chi connectivity index (χ1v) is 4.06. The lowest BCUT2D eigenvalue weighted by Gasteiger charge is -2.11. The molecular formula is C9H7F3O4. The van der Waals surface area contributed by atoms with Crippen LogP contribution >= 0.6 is 0 Å². The lowest BCUT2D eigenvalue weighted by Crippen LogP contribution is -2.19. The van der Waals surface area contributed by atoms with Gasteiger partial charge in [0.25, 0.3) is 0 Å². The molecule has 0 saturated heterocycles. The average molecular weight is 236 g/mol. The third kappa shape index (κ3) is 3.13. The molecule has 4 nitrogen and oxygen atoms in total. The quantitative estimate of drug-likeness (QED) is 0.839. The summed E-state index contributed by atoms with van der Waals surface area (Å²) < 4.78 is 39.2. The number of ether oxygens (including phenoxy) is 1. The van der Waals surface area contributed by atoms with Crippen molar-refractivity contribution in [3.63, 3.8) is 0 Å². The monoisotopic (exact) mass is 236 g/mol. The Balaban J connectivity index is 3.13. The Labute approximate surface area is 87.9 Å². The molecule has 1 aromatic carbocycles. The number of rotatable bonds is 3. The van der Waals surface area contributed by atoms with E-state index in [4.69, 9.17) is 10.2 Å². The fraction of sp³-hybridized carbons (Fsp3) is 0.222. The Bertz CT molecular complexity index is 400. The van der Waals surface area contributed by atoms with Crippen molar-refractivity contribution >= 4 is 5.97 Å². The number of halogens is 3. The molecule has 0 aromatic heterocycles. The number of alkyl halides is 3. The molecule has 0 radical (unpaired) electrons. The number of aromatic carboxylic acids is 1. The van der Waals surface area contributed by atoms with E-state index in [1.165, 1.54) is 0 Å². The van der Waals surface area contributed by atoms with Crippen molar-refractivity contribution in [3.05, 3.63) is 29.3 Å². The molecule has 0 aliphatic heterocycles.